The highest BCUT2D eigenvalue weighted by Gasteiger charge is 2.18. The van der Waals surface area contributed by atoms with Crippen LogP contribution in [0, 0.1) is 12.8 Å². The average molecular weight is 175 g/mol. The van der Waals surface area contributed by atoms with Crippen LogP contribution in [0.25, 0.3) is 0 Å². The van der Waals surface area contributed by atoms with Gasteiger partial charge in [-0.2, -0.15) is 0 Å². The van der Waals surface area contributed by atoms with Gasteiger partial charge in [0.05, 0.1) is 11.9 Å². The van der Waals surface area contributed by atoms with E-state index >= 15 is 0 Å². The van der Waals surface area contributed by atoms with Crippen molar-refractivity contribution < 1.29 is 0 Å². The quantitative estimate of drug-likeness (QED) is 0.655. The Morgan fingerprint density at radius 2 is 2.15 bits per heavy atom. The lowest BCUT2D eigenvalue weighted by molar-refractivity contribution is 0.867. The van der Waals surface area contributed by atoms with Crippen molar-refractivity contribution in [3.05, 3.63) is 17.7 Å². The van der Waals surface area contributed by atoms with E-state index in [0.717, 1.165) is 23.6 Å². The van der Waals surface area contributed by atoms with Crippen LogP contribution in [-0.4, -0.2) is 15.7 Å². The molecule has 0 bridgehead atoms. The van der Waals surface area contributed by atoms with Gasteiger partial charge >= 0.3 is 0 Å². The van der Waals surface area contributed by atoms with Crippen molar-refractivity contribution in [1.29, 1.82) is 0 Å². The topological polar surface area (TPSA) is 38.1 Å². The van der Waals surface area contributed by atoms with Gasteiger partial charge < -0.3 is 0 Å². The first kappa shape index (κ1) is 8.35. The number of nitrogens with zero attached hydrogens (tertiary/aromatic N) is 3. The Bertz CT molecular complexity index is 366. The third kappa shape index (κ3) is 1.46. The summed E-state index contributed by atoms with van der Waals surface area (Å²) in [5, 5.41) is 0. The molecule has 0 saturated carbocycles. The van der Waals surface area contributed by atoms with Crippen molar-refractivity contribution in [2.24, 2.45) is 10.9 Å². The van der Waals surface area contributed by atoms with E-state index in [2.05, 4.69) is 28.8 Å². The van der Waals surface area contributed by atoms with Gasteiger partial charge in [0.25, 0.3) is 0 Å². The molecule has 3 nitrogen and oxygen atoms in total. The molecule has 1 aromatic rings. The van der Waals surface area contributed by atoms with Crippen LogP contribution in [0.4, 0.5) is 5.69 Å². The van der Waals surface area contributed by atoms with Gasteiger partial charge in [-0.05, 0) is 12.8 Å². The molecule has 0 spiro atoms. The van der Waals surface area contributed by atoms with Gasteiger partial charge in [-0.25, -0.2) is 9.97 Å². The lowest BCUT2D eigenvalue weighted by Crippen LogP contribution is -2.07. The van der Waals surface area contributed by atoms with E-state index in [1.54, 1.807) is 0 Å². The number of hydrogen-bond donors (Lipinski definition) is 0. The number of hydrogen-bond acceptors (Lipinski definition) is 3. The van der Waals surface area contributed by atoms with Crippen LogP contribution in [0.2, 0.25) is 0 Å². The summed E-state index contributed by atoms with van der Waals surface area (Å²) in [4.78, 5) is 13.0. The summed E-state index contributed by atoms with van der Waals surface area (Å²) in [6.45, 7) is 6.23. The molecule has 1 aliphatic heterocycles. The molecule has 0 unspecified atom stereocenters. The molecule has 0 N–H and O–H groups in total. The summed E-state index contributed by atoms with van der Waals surface area (Å²) in [7, 11) is 0. The molecule has 0 aliphatic carbocycles. The Hall–Kier alpha value is -1.25. The summed E-state index contributed by atoms with van der Waals surface area (Å²) in [5.41, 5.74) is 3.25. The van der Waals surface area contributed by atoms with Crippen LogP contribution in [0.15, 0.2) is 11.2 Å². The Balaban J connectivity index is 2.36. The summed E-state index contributed by atoms with van der Waals surface area (Å²) in [5.74, 6) is 1.34. The molecule has 68 valence electrons. The maximum absolute atomic E-state index is 4.48. The number of aliphatic imine (C=N–C) groups is 1. The van der Waals surface area contributed by atoms with E-state index in [-0.39, 0.29) is 0 Å². The lowest BCUT2D eigenvalue weighted by Gasteiger charge is -2.01. The summed E-state index contributed by atoms with van der Waals surface area (Å²) >= 11 is 0. The first-order valence-electron chi connectivity index (χ1n) is 4.57. The van der Waals surface area contributed by atoms with E-state index in [0.29, 0.717) is 5.92 Å². The van der Waals surface area contributed by atoms with Crippen LogP contribution < -0.4 is 0 Å². The Morgan fingerprint density at radius 3 is 2.85 bits per heavy atom. The van der Waals surface area contributed by atoms with Crippen molar-refractivity contribution in [2.45, 2.75) is 27.2 Å². The second-order valence-electron chi connectivity index (χ2n) is 3.68. The standard InChI is InChI=1S/C10H13N3/c1-6(2)8-4-9-10(13-8)5-11-7(3)12-9/h5-6H,4H2,1-3H3. The molecule has 0 amide bonds. The number of fused-ring (bicyclic) bond motifs is 1. The Labute approximate surface area is 77.9 Å². The molecule has 0 saturated heterocycles. The average Bonchev–Trinajstić information content (AvgIpc) is 2.46. The first-order valence-corrected chi connectivity index (χ1v) is 4.57. The molecule has 13 heavy (non-hydrogen) atoms. The maximum atomic E-state index is 4.48. The van der Waals surface area contributed by atoms with Crippen LogP contribution in [-0.2, 0) is 6.42 Å². The molecule has 2 rings (SSSR count). The number of aromatic nitrogens is 2. The Morgan fingerprint density at radius 1 is 1.38 bits per heavy atom. The molecule has 1 aromatic heterocycles. The Kier molecular flexibility index (Phi) is 1.87. The third-order valence-electron chi connectivity index (χ3n) is 2.25. The fourth-order valence-electron chi connectivity index (χ4n) is 1.43. The molecular formula is C10H13N3. The van der Waals surface area contributed by atoms with Crippen molar-refractivity contribution in [3.8, 4) is 0 Å². The van der Waals surface area contributed by atoms with Gasteiger partial charge in [0.15, 0.2) is 0 Å². The number of rotatable bonds is 1. The minimum Gasteiger partial charge on any atom is -0.254 e. The second-order valence-corrected chi connectivity index (χ2v) is 3.68. The van der Waals surface area contributed by atoms with E-state index < -0.39 is 0 Å². The van der Waals surface area contributed by atoms with Crippen molar-refractivity contribution in [1.82, 2.24) is 9.97 Å². The van der Waals surface area contributed by atoms with Gasteiger partial charge in [0, 0.05) is 12.1 Å². The SMILES string of the molecule is Cc1ncc2c(n1)CC(C(C)C)=N2. The van der Waals surface area contributed by atoms with Crippen LogP contribution in [0.3, 0.4) is 0 Å². The lowest BCUT2D eigenvalue weighted by atomic mass is 10.1. The van der Waals surface area contributed by atoms with Crippen molar-refractivity contribution >= 4 is 11.4 Å². The van der Waals surface area contributed by atoms with Crippen molar-refractivity contribution in [3.63, 3.8) is 0 Å². The molecule has 2 heterocycles. The van der Waals surface area contributed by atoms with Gasteiger partial charge in [-0.3, -0.25) is 4.99 Å². The van der Waals surface area contributed by atoms with E-state index in [9.17, 15) is 0 Å². The van der Waals surface area contributed by atoms with Gasteiger partial charge in [0.1, 0.15) is 11.5 Å². The van der Waals surface area contributed by atoms with Gasteiger partial charge in [-0.15, -0.1) is 0 Å². The maximum Gasteiger partial charge on any atom is 0.125 e. The highest BCUT2D eigenvalue weighted by molar-refractivity contribution is 5.94. The largest absolute Gasteiger partial charge is 0.254 e. The van der Waals surface area contributed by atoms with E-state index in [4.69, 9.17) is 0 Å². The minimum absolute atomic E-state index is 0.509. The predicted octanol–water partition coefficient (Wildman–Crippen LogP) is 2.07. The highest BCUT2D eigenvalue weighted by Crippen LogP contribution is 2.25. The molecule has 1 aliphatic rings. The van der Waals surface area contributed by atoms with Crippen LogP contribution in [0.1, 0.15) is 25.4 Å². The summed E-state index contributed by atoms with van der Waals surface area (Å²) in [6, 6.07) is 0. The molecule has 0 atom stereocenters. The van der Waals surface area contributed by atoms with Gasteiger partial charge in [-0.1, -0.05) is 13.8 Å². The van der Waals surface area contributed by atoms with E-state index in [1.165, 1.54) is 5.71 Å². The molecule has 0 fully saturated rings. The molecular weight excluding hydrogens is 162 g/mol. The van der Waals surface area contributed by atoms with Crippen LogP contribution in [0.5, 0.6) is 0 Å². The van der Waals surface area contributed by atoms with Crippen molar-refractivity contribution in [2.75, 3.05) is 0 Å². The monoisotopic (exact) mass is 175 g/mol. The zero-order chi connectivity index (χ0) is 9.42. The third-order valence-corrected chi connectivity index (χ3v) is 2.25. The van der Waals surface area contributed by atoms with Crippen LogP contribution >= 0.6 is 0 Å². The number of aryl methyl sites for hydroxylation is 1. The molecule has 0 radical (unpaired) electrons. The highest BCUT2D eigenvalue weighted by atomic mass is 14.9. The van der Waals surface area contributed by atoms with Gasteiger partial charge in [0.2, 0.25) is 0 Å². The normalized spacial score (nSPS) is 14.6. The summed E-state index contributed by atoms with van der Waals surface area (Å²) in [6.07, 6.45) is 2.71. The fraction of sp³-hybridized carbons (Fsp3) is 0.500. The minimum atomic E-state index is 0.509. The zero-order valence-electron chi connectivity index (χ0n) is 8.20. The smallest absolute Gasteiger partial charge is 0.125 e. The fourth-order valence-corrected chi connectivity index (χ4v) is 1.43. The molecule has 0 aromatic carbocycles. The molecule has 3 heteroatoms. The first-order chi connectivity index (χ1) is 6.16. The van der Waals surface area contributed by atoms with E-state index in [1.807, 2.05) is 13.1 Å². The summed E-state index contributed by atoms with van der Waals surface area (Å²) < 4.78 is 0. The predicted molar refractivity (Wildman–Crippen MR) is 52.4 cm³/mol. The second kappa shape index (κ2) is 2.91. The zero-order valence-corrected chi connectivity index (χ0v) is 8.20.